The van der Waals surface area contributed by atoms with E-state index in [2.05, 4.69) is 10.3 Å². The van der Waals surface area contributed by atoms with Crippen LogP contribution >= 0.6 is 11.3 Å². The maximum atomic E-state index is 12.9. The summed E-state index contributed by atoms with van der Waals surface area (Å²) >= 11 is 1.32. The van der Waals surface area contributed by atoms with Crippen LogP contribution in [0, 0.1) is 0 Å². The second-order valence-corrected chi connectivity index (χ2v) is 7.57. The molecule has 2 aromatic rings. The summed E-state index contributed by atoms with van der Waals surface area (Å²) in [4.78, 5) is 45.8. The Kier molecular flexibility index (Phi) is 4.73. The molecule has 4 heterocycles. The van der Waals surface area contributed by atoms with Gasteiger partial charge in [-0.3, -0.25) is 19.0 Å². The van der Waals surface area contributed by atoms with Crippen molar-refractivity contribution in [1.82, 2.24) is 24.7 Å². The lowest BCUT2D eigenvalue weighted by molar-refractivity contribution is -0.146. The number of nitrogens with zero attached hydrogens (tertiary/aromatic N) is 4. The highest BCUT2D eigenvalue weighted by atomic mass is 32.1. The van der Waals surface area contributed by atoms with Crippen LogP contribution in [0.1, 0.15) is 12.8 Å². The number of likely N-dealkylation sites (tertiary alicyclic amines) is 1. The quantitative estimate of drug-likeness (QED) is 0.808. The molecule has 9 heteroatoms. The second-order valence-electron chi connectivity index (χ2n) is 6.65. The average Bonchev–Trinajstić information content (AvgIpc) is 3.35. The zero-order chi connectivity index (χ0) is 18.1. The Morgan fingerprint density at radius 3 is 2.88 bits per heavy atom. The third kappa shape index (κ3) is 3.12. The second kappa shape index (κ2) is 7.16. The first-order valence-electron chi connectivity index (χ1n) is 8.87. The number of fused-ring (bicyclic) bond motifs is 1. The molecule has 2 aliphatic rings. The third-order valence-electron chi connectivity index (χ3n) is 5.01. The molecule has 2 amide bonds. The predicted molar refractivity (Wildman–Crippen MR) is 98.1 cm³/mol. The molecule has 1 unspecified atom stereocenters. The van der Waals surface area contributed by atoms with Crippen molar-refractivity contribution in [2.24, 2.45) is 0 Å². The minimum absolute atomic E-state index is 0.00207. The first kappa shape index (κ1) is 17.2. The van der Waals surface area contributed by atoms with E-state index >= 15 is 0 Å². The first-order chi connectivity index (χ1) is 12.6. The number of hydrogen-bond donors (Lipinski definition) is 1. The van der Waals surface area contributed by atoms with Crippen molar-refractivity contribution in [2.75, 3.05) is 32.7 Å². The van der Waals surface area contributed by atoms with E-state index < -0.39 is 6.04 Å². The van der Waals surface area contributed by atoms with E-state index in [0.717, 1.165) is 25.9 Å². The maximum absolute atomic E-state index is 12.9. The Balaban J connectivity index is 1.53. The van der Waals surface area contributed by atoms with E-state index in [-0.39, 0.29) is 23.9 Å². The van der Waals surface area contributed by atoms with Gasteiger partial charge in [0.25, 0.3) is 5.56 Å². The van der Waals surface area contributed by atoms with E-state index in [1.54, 1.807) is 11.0 Å². The summed E-state index contributed by atoms with van der Waals surface area (Å²) < 4.78 is 1.88. The number of nitrogens with one attached hydrogen (secondary N) is 1. The topological polar surface area (TPSA) is 87.5 Å². The van der Waals surface area contributed by atoms with Crippen LogP contribution in [-0.2, 0) is 16.1 Å². The van der Waals surface area contributed by atoms with E-state index in [4.69, 9.17) is 0 Å². The van der Waals surface area contributed by atoms with Crippen molar-refractivity contribution < 1.29 is 9.59 Å². The van der Waals surface area contributed by atoms with Crippen molar-refractivity contribution in [3.05, 3.63) is 28.1 Å². The molecule has 138 valence electrons. The predicted octanol–water partition coefficient (Wildman–Crippen LogP) is -0.119. The molecule has 2 saturated heterocycles. The molecule has 0 aromatic carbocycles. The van der Waals surface area contributed by atoms with Crippen molar-refractivity contribution in [1.29, 1.82) is 0 Å². The van der Waals surface area contributed by atoms with Gasteiger partial charge in [0.15, 0.2) is 0 Å². The van der Waals surface area contributed by atoms with Gasteiger partial charge in [-0.1, -0.05) is 0 Å². The van der Waals surface area contributed by atoms with E-state index in [9.17, 15) is 14.4 Å². The fraction of sp³-hybridized carbons (Fsp3) is 0.529. The molecule has 8 nitrogen and oxygen atoms in total. The number of aromatic nitrogens is 2. The van der Waals surface area contributed by atoms with Gasteiger partial charge in [0, 0.05) is 32.7 Å². The molecular weight excluding hydrogens is 354 g/mol. The van der Waals surface area contributed by atoms with Crippen LogP contribution in [-0.4, -0.2) is 69.9 Å². The fourth-order valence-electron chi connectivity index (χ4n) is 3.60. The molecule has 26 heavy (non-hydrogen) atoms. The molecule has 0 saturated carbocycles. The van der Waals surface area contributed by atoms with Gasteiger partial charge in [-0.15, -0.1) is 11.3 Å². The highest BCUT2D eigenvalue weighted by Crippen LogP contribution is 2.15. The van der Waals surface area contributed by atoms with E-state index in [1.165, 1.54) is 22.2 Å². The SMILES string of the molecule is O=C(C1CNCCN1C(=O)Cn1cnc2ccsc2c1=O)N1CCCC1. The Morgan fingerprint density at radius 2 is 2.08 bits per heavy atom. The van der Waals surface area contributed by atoms with E-state index in [0.29, 0.717) is 29.9 Å². The van der Waals surface area contributed by atoms with Crippen molar-refractivity contribution in [2.45, 2.75) is 25.4 Å². The molecule has 1 atom stereocenters. The fourth-order valence-corrected chi connectivity index (χ4v) is 4.39. The lowest BCUT2D eigenvalue weighted by atomic mass is 10.1. The largest absolute Gasteiger partial charge is 0.341 e. The summed E-state index contributed by atoms with van der Waals surface area (Å²) in [6.45, 7) is 2.99. The van der Waals surface area contributed by atoms with Gasteiger partial charge in [0.1, 0.15) is 17.3 Å². The Hall–Kier alpha value is -2.26. The van der Waals surface area contributed by atoms with Crippen LogP contribution in [0.25, 0.3) is 10.2 Å². The Morgan fingerprint density at radius 1 is 1.27 bits per heavy atom. The molecule has 2 aliphatic heterocycles. The lowest BCUT2D eigenvalue weighted by Gasteiger charge is -2.37. The van der Waals surface area contributed by atoms with Gasteiger partial charge in [-0.05, 0) is 24.3 Å². The number of rotatable bonds is 3. The first-order valence-corrected chi connectivity index (χ1v) is 9.75. The van der Waals surface area contributed by atoms with Gasteiger partial charge >= 0.3 is 0 Å². The molecule has 0 aliphatic carbocycles. The summed E-state index contributed by atoms with van der Waals surface area (Å²) in [5.41, 5.74) is 0.434. The molecule has 2 fully saturated rings. The summed E-state index contributed by atoms with van der Waals surface area (Å²) in [5, 5.41) is 5.01. The van der Waals surface area contributed by atoms with Crippen LogP contribution in [0.3, 0.4) is 0 Å². The molecule has 4 rings (SSSR count). The molecule has 0 spiro atoms. The minimum Gasteiger partial charge on any atom is -0.341 e. The van der Waals surface area contributed by atoms with Crippen molar-refractivity contribution in [3.8, 4) is 0 Å². The van der Waals surface area contributed by atoms with Gasteiger partial charge in [-0.2, -0.15) is 0 Å². The highest BCUT2D eigenvalue weighted by molar-refractivity contribution is 7.17. The number of hydrogen-bond acceptors (Lipinski definition) is 6. The summed E-state index contributed by atoms with van der Waals surface area (Å²) in [7, 11) is 0. The number of carbonyl (C=O) groups excluding carboxylic acids is 2. The number of thiophene rings is 1. The van der Waals surface area contributed by atoms with Crippen LogP contribution in [0.15, 0.2) is 22.6 Å². The van der Waals surface area contributed by atoms with Crippen molar-refractivity contribution in [3.63, 3.8) is 0 Å². The van der Waals surface area contributed by atoms with Gasteiger partial charge < -0.3 is 15.1 Å². The standard InChI is InChI=1S/C17H21N5O3S/c23-14(10-21-11-19-12-3-8-26-15(12)17(21)25)22-7-4-18-9-13(22)16(24)20-5-1-2-6-20/h3,8,11,13,18H,1-2,4-7,9-10H2. The minimum atomic E-state index is -0.497. The van der Waals surface area contributed by atoms with Crippen LogP contribution in [0.4, 0.5) is 0 Å². The van der Waals surface area contributed by atoms with Crippen LogP contribution < -0.4 is 10.9 Å². The van der Waals surface area contributed by atoms with Crippen LogP contribution in [0.2, 0.25) is 0 Å². The molecule has 2 aromatic heterocycles. The number of piperazine rings is 1. The third-order valence-corrected chi connectivity index (χ3v) is 5.90. The van der Waals surface area contributed by atoms with E-state index in [1.807, 2.05) is 10.3 Å². The summed E-state index contributed by atoms with van der Waals surface area (Å²) in [6.07, 6.45) is 3.44. The lowest BCUT2D eigenvalue weighted by Crippen LogP contribution is -2.60. The highest BCUT2D eigenvalue weighted by Gasteiger charge is 2.35. The van der Waals surface area contributed by atoms with Gasteiger partial charge in [-0.25, -0.2) is 4.98 Å². The number of carbonyl (C=O) groups is 2. The zero-order valence-corrected chi connectivity index (χ0v) is 15.2. The average molecular weight is 375 g/mol. The molecule has 0 radical (unpaired) electrons. The normalized spacial score (nSPS) is 20.7. The van der Waals surface area contributed by atoms with Crippen molar-refractivity contribution >= 4 is 33.4 Å². The summed E-state index contributed by atoms with van der Waals surface area (Å²) in [5.74, 6) is -0.217. The van der Waals surface area contributed by atoms with Gasteiger partial charge in [0.05, 0.1) is 11.8 Å². The zero-order valence-electron chi connectivity index (χ0n) is 14.4. The summed E-state index contributed by atoms with van der Waals surface area (Å²) in [6, 6.07) is 1.29. The van der Waals surface area contributed by atoms with Gasteiger partial charge in [0.2, 0.25) is 11.8 Å². The Bertz CT molecular complexity index is 886. The molecular formula is C17H21N5O3S. The maximum Gasteiger partial charge on any atom is 0.271 e. The molecule has 1 N–H and O–H groups in total. The molecule has 0 bridgehead atoms. The number of amides is 2. The monoisotopic (exact) mass is 375 g/mol. The Labute approximate surface area is 154 Å². The van der Waals surface area contributed by atoms with Crippen LogP contribution in [0.5, 0.6) is 0 Å². The smallest absolute Gasteiger partial charge is 0.271 e.